The van der Waals surface area contributed by atoms with E-state index in [0.29, 0.717) is 0 Å². The summed E-state index contributed by atoms with van der Waals surface area (Å²) in [6, 6.07) is 1.91. The molecule has 4 nitrogen and oxygen atoms in total. The van der Waals surface area contributed by atoms with Crippen LogP contribution < -0.4 is 16.0 Å². The third-order valence-electron chi connectivity index (χ3n) is 2.22. The smallest absolute Gasteiger partial charge is 0.130 e. The van der Waals surface area contributed by atoms with E-state index >= 15 is 0 Å². The lowest BCUT2D eigenvalue weighted by molar-refractivity contribution is 0.761. The quantitative estimate of drug-likeness (QED) is 0.738. The third kappa shape index (κ3) is 2.60. The zero-order valence-corrected chi connectivity index (χ0v) is 9.04. The first-order valence-electron chi connectivity index (χ1n) is 4.73. The predicted octanol–water partition coefficient (Wildman–Crippen LogP) is 0.628. The monoisotopic (exact) mass is 194 g/mol. The third-order valence-corrected chi connectivity index (χ3v) is 2.22. The van der Waals surface area contributed by atoms with Crippen molar-refractivity contribution in [3.8, 4) is 0 Å². The Bertz CT molecular complexity index is 298. The highest BCUT2D eigenvalue weighted by atomic mass is 15.2. The number of hydrogen-bond acceptors (Lipinski definition) is 4. The van der Waals surface area contributed by atoms with E-state index < -0.39 is 0 Å². The topological polar surface area (TPSA) is 54.2 Å². The van der Waals surface area contributed by atoms with Crippen LogP contribution in [0, 0.1) is 6.92 Å². The van der Waals surface area contributed by atoms with Crippen molar-refractivity contribution in [1.82, 2.24) is 10.3 Å². The van der Waals surface area contributed by atoms with Crippen LogP contribution in [0.2, 0.25) is 0 Å². The maximum Gasteiger partial charge on any atom is 0.130 e. The first kappa shape index (κ1) is 10.8. The molecule has 0 fully saturated rings. The van der Waals surface area contributed by atoms with Gasteiger partial charge in [0.2, 0.25) is 0 Å². The molecule has 1 aromatic heterocycles. The summed E-state index contributed by atoms with van der Waals surface area (Å²) in [6.45, 7) is 3.82. The van der Waals surface area contributed by atoms with Gasteiger partial charge in [0.05, 0.1) is 0 Å². The molecule has 0 aromatic carbocycles. The van der Waals surface area contributed by atoms with Crippen molar-refractivity contribution < 1.29 is 0 Å². The number of nitrogens with one attached hydrogen (secondary N) is 1. The molecule has 1 heterocycles. The van der Waals surface area contributed by atoms with Gasteiger partial charge < -0.3 is 16.0 Å². The van der Waals surface area contributed by atoms with Crippen molar-refractivity contribution in [1.29, 1.82) is 0 Å². The van der Waals surface area contributed by atoms with E-state index in [1.165, 1.54) is 0 Å². The van der Waals surface area contributed by atoms with Crippen LogP contribution >= 0.6 is 0 Å². The lowest BCUT2D eigenvalue weighted by Crippen LogP contribution is -2.27. The average molecular weight is 194 g/mol. The first-order chi connectivity index (χ1) is 6.65. The molecule has 0 aliphatic carbocycles. The molecule has 0 saturated heterocycles. The van der Waals surface area contributed by atoms with Crippen LogP contribution in [0.25, 0.3) is 0 Å². The van der Waals surface area contributed by atoms with Crippen molar-refractivity contribution in [2.24, 2.45) is 0 Å². The number of likely N-dealkylation sites (N-methyl/N-ethyl adjacent to an activating group) is 2. The van der Waals surface area contributed by atoms with Crippen LogP contribution in [0.1, 0.15) is 5.56 Å². The van der Waals surface area contributed by atoms with Crippen molar-refractivity contribution in [3.05, 3.63) is 17.8 Å². The second-order valence-electron chi connectivity index (χ2n) is 3.42. The minimum atomic E-state index is 0.798. The maximum atomic E-state index is 5.80. The fraction of sp³-hybridized carbons (Fsp3) is 0.500. The van der Waals surface area contributed by atoms with Gasteiger partial charge in [-0.05, 0) is 19.5 Å². The molecule has 1 aromatic rings. The zero-order chi connectivity index (χ0) is 10.6. The van der Waals surface area contributed by atoms with Crippen molar-refractivity contribution >= 4 is 11.5 Å². The Morgan fingerprint density at radius 1 is 1.57 bits per heavy atom. The molecule has 78 valence electrons. The highest BCUT2D eigenvalue weighted by molar-refractivity contribution is 5.54. The van der Waals surface area contributed by atoms with E-state index in [0.717, 1.165) is 30.2 Å². The second kappa shape index (κ2) is 4.81. The van der Waals surface area contributed by atoms with E-state index in [9.17, 15) is 0 Å². The molecule has 0 atom stereocenters. The van der Waals surface area contributed by atoms with E-state index in [2.05, 4.69) is 15.2 Å². The molecule has 0 aliphatic rings. The summed E-state index contributed by atoms with van der Waals surface area (Å²) in [4.78, 5) is 6.39. The van der Waals surface area contributed by atoms with Gasteiger partial charge >= 0.3 is 0 Å². The number of anilines is 2. The van der Waals surface area contributed by atoms with Gasteiger partial charge in [-0.1, -0.05) is 0 Å². The number of rotatable bonds is 4. The summed E-state index contributed by atoms with van der Waals surface area (Å²) < 4.78 is 0. The highest BCUT2D eigenvalue weighted by Crippen LogP contribution is 2.15. The van der Waals surface area contributed by atoms with E-state index in [4.69, 9.17) is 5.73 Å². The van der Waals surface area contributed by atoms with E-state index in [1.807, 2.05) is 27.1 Å². The van der Waals surface area contributed by atoms with Gasteiger partial charge in [0.15, 0.2) is 0 Å². The van der Waals surface area contributed by atoms with Crippen LogP contribution in [0.15, 0.2) is 12.3 Å². The number of hydrogen-bond donors (Lipinski definition) is 2. The molecule has 0 spiro atoms. The molecule has 0 bridgehead atoms. The highest BCUT2D eigenvalue weighted by Gasteiger charge is 2.03. The molecular formula is C10H18N4. The minimum absolute atomic E-state index is 0.798. The number of nitrogens with two attached hydrogens (primary N) is 1. The van der Waals surface area contributed by atoms with Gasteiger partial charge in [-0.25, -0.2) is 4.98 Å². The van der Waals surface area contributed by atoms with Crippen LogP contribution in [0.5, 0.6) is 0 Å². The summed E-state index contributed by atoms with van der Waals surface area (Å²) in [6.07, 6.45) is 1.81. The largest absolute Gasteiger partial charge is 0.398 e. The molecule has 1 rings (SSSR count). The van der Waals surface area contributed by atoms with Crippen molar-refractivity contribution in [2.75, 3.05) is 37.8 Å². The van der Waals surface area contributed by atoms with Crippen molar-refractivity contribution in [3.63, 3.8) is 0 Å². The molecular weight excluding hydrogens is 176 g/mol. The van der Waals surface area contributed by atoms with Gasteiger partial charge in [-0.3, -0.25) is 0 Å². The Kier molecular flexibility index (Phi) is 3.71. The molecule has 0 saturated carbocycles. The molecule has 0 aliphatic heterocycles. The van der Waals surface area contributed by atoms with Gasteiger partial charge in [0, 0.05) is 38.1 Å². The molecule has 4 heteroatoms. The van der Waals surface area contributed by atoms with Gasteiger partial charge in [0.1, 0.15) is 5.82 Å². The summed E-state index contributed by atoms with van der Waals surface area (Å²) in [5, 5.41) is 3.09. The lowest BCUT2D eigenvalue weighted by Gasteiger charge is -2.18. The van der Waals surface area contributed by atoms with Gasteiger partial charge in [-0.2, -0.15) is 0 Å². The predicted molar refractivity (Wildman–Crippen MR) is 60.6 cm³/mol. The van der Waals surface area contributed by atoms with Gasteiger partial charge in [-0.15, -0.1) is 0 Å². The number of aromatic nitrogens is 1. The van der Waals surface area contributed by atoms with Crippen LogP contribution in [-0.2, 0) is 0 Å². The molecule has 0 radical (unpaired) electrons. The number of nitrogens with zero attached hydrogens (tertiary/aromatic N) is 2. The Hall–Kier alpha value is -1.29. The van der Waals surface area contributed by atoms with Crippen LogP contribution in [0.3, 0.4) is 0 Å². The zero-order valence-electron chi connectivity index (χ0n) is 9.04. The fourth-order valence-electron chi connectivity index (χ4n) is 1.13. The van der Waals surface area contributed by atoms with E-state index in [-0.39, 0.29) is 0 Å². The van der Waals surface area contributed by atoms with E-state index in [1.54, 1.807) is 6.20 Å². The normalized spacial score (nSPS) is 10.2. The molecule has 14 heavy (non-hydrogen) atoms. The average Bonchev–Trinajstić information content (AvgIpc) is 2.18. The molecule has 0 amide bonds. The summed E-state index contributed by atoms with van der Waals surface area (Å²) >= 11 is 0. The summed E-state index contributed by atoms with van der Waals surface area (Å²) in [7, 11) is 3.94. The molecule has 3 N–H and O–H groups in total. The second-order valence-corrected chi connectivity index (χ2v) is 3.42. The standard InChI is InChI=1S/C10H18N4/c1-8-7-13-10(6-9(8)11)14(3)5-4-12-2/h6-7,12H,4-5H2,1-3H3,(H2,11,13). The molecule has 0 unspecified atom stereocenters. The number of nitrogen functional groups attached to an aromatic ring is 1. The first-order valence-corrected chi connectivity index (χ1v) is 4.73. The van der Waals surface area contributed by atoms with Crippen molar-refractivity contribution in [2.45, 2.75) is 6.92 Å². The van der Waals surface area contributed by atoms with Gasteiger partial charge in [0.25, 0.3) is 0 Å². The SMILES string of the molecule is CNCCN(C)c1cc(N)c(C)cn1. The lowest BCUT2D eigenvalue weighted by atomic mass is 10.2. The summed E-state index contributed by atoms with van der Waals surface area (Å²) in [5.74, 6) is 0.920. The van der Waals surface area contributed by atoms with Crippen LogP contribution in [-0.4, -0.2) is 32.2 Å². The minimum Gasteiger partial charge on any atom is -0.398 e. The fourth-order valence-corrected chi connectivity index (χ4v) is 1.13. The Labute approximate surface area is 85.1 Å². The number of aryl methyl sites for hydroxylation is 1. The Morgan fingerprint density at radius 3 is 2.86 bits per heavy atom. The Balaban J connectivity index is 2.70. The Morgan fingerprint density at radius 2 is 2.29 bits per heavy atom. The maximum absolute atomic E-state index is 5.80. The summed E-state index contributed by atoms with van der Waals surface area (Å²) in [5.41, 5.74) is 7.63. The van der Waals surface area contributed by atoms with Crippen LogP contribution in [0.4, 0.5) is 11.5 Å². The number of pyridine rings is 1.